The molecule has 1 aliphatic heterocycles. The van der Waals surface area contributed by atoms with E-state index in [2.05, 4.69) is 0 Å². The van der Waals surface area contributed by atoms with Gasteiger partial charge in [-0.1, -0.05) is 18.5 Å². The SMILES string of the molecule is CCCC(=O)N1CCCN(C(=O)c2ccc(OC)c(Cl)c2)CC1. The number of rotatable bonds is 4. The molecule has 0 saturated carbocycles. The van der Waals surface area contributed by atoms with E-state index < -0.39 is 0 Å². The summed E-state index contributed by atoms with van der Waals surface area (Å²) < 4.78 is 5.11. The van der Waals surface area contributed by atoms with E-state index in [1.807, 2.05) is 11.8 Å². The molecule has 0 spiro atoms. The summed E-state index contributed by atoms with van der Waals surface area (Å²) in [6, 6.07) is 5.05. The highest BCUT2D eigenvalue weighted by molar-refractivity contribution is 6.32. The predicted octanol–water partition coefficient (Wildman–Crippen LogP) is 2.82. The van der Waals surface area contributed by atoms with E-state index in [4.69, 9.17) is 16.3 Å². The second-order valence-corrected chi connectivity index (χ2v) is 6.03. The van der Waals surface area contributed by atoms with Crippen LogP contribution < -0.4 is 4.74 Å². The minimum Gasteiger partial charge on any atom is -0.495 e. The van der Waals surface area contributed by atoms with E-state index in [9.17, 15) is 9.59 Å². The van der Waals surface area contributed by atoms with Gasteiger partial charge in [0.25, 0.3) is 5.91 Å². The van der Waals surface area contributed by atoms with Crippen molar-refractivity contribution in [3.8, 4) is 5.75 Å². The fourth-order valence-corrected chi connectivity index (χ4v) is 2.98. The fraction of sp³-hybridized carbons (Fsp3) is 0.529. The second kappa shape index (κ2) is 8.20. The summed E-state index contributed by atoms with van der Waals surface area (Å²) in [7, 11) is 1.54. The van der Waals surface area contributed by atoms with Crippen LogP contribution in [0.25, 0.3) is 0 Å². The highest BCUT2D eigenvalue weighted by Gasteiger charge is 2.22. The largest absolute Gasteiger partial charge is 0.495 e. The summed E-state index contributed by atoms with van der Waals surface area (Å²) in [5.74, 6) is 0.670. The fourth-order valence-electron chi connectivity index (χ4n) is 2.72. The van der Waals surface area contributed by atoms with Gasteiger partial charge in [-0.3, -0.25) is 9.59 Å². The molecule has 0 unspecified atom stereocenters. The summed E-state index contributed by atoms with van der Waals surface area (Å²) in [5, 5.41) is 0.424. The van der Waals surface area contributed by atoms with Crippen LogP contribution in [0.1, 0.15) is 36.5 Å². The third-order valence-corrected chi connectivity index (χ3v) is 4.29. The highest BCUT2D eigenvalue weighted by Crippen LogP contribution is 2.25. The number of carbonyl (C=O) groups is 2. The van der Waals surface area contributed by atoms with Gasteiger partial charge < -0.3 is 14.5 Å². The second-order valence-electron chi connectivity index (χ2n) is 5.63. The number of nitrogens with zero attached hydrogens (tertiary/aromatic N) is 2. The first kappa shape index (κ1) is 17.6. The molecule has 126 valence electrons. The van der Waals surface area contributed by atoms with Gasteiger partial charge in [0.2, 0.25) is 5.91 Å². The van der Waals surface area contributed by atoms with Crippen LogP contribution in [0.4, 0.5) is 0 Å². The van der Waals surface area contributed by atoms with Gasteiger partial charge in [-0.2, -0.15) is 0 Å². The topological polar surface area (TPSA) is 49.9 Å². The Kier molecular flexibility index (Phi) is 6.28. The Morgan fingerprint density at radius 2 is 1.87 bits per heavy atom. The minimum absolute atomic E-state index is 0.0562. The Hall–Kier alpha value is -1.75. The molecule has 1 saturated heterocycles. The molecule has 0 aromatic heterocycles. The zero-order valence-electron chi connectivity index (χ0n) is 13.7. The van der Waals surface area contributed by atoms with Crippen LogP contribution in [0.2, 0.25) is 5.02 Å². The number of benzene rings is 1. The van der Waals surface area contributed by atoms with E-state index in [1.54, 1.807) is 30.2 Å². The average Bonchev–Trinajstić information content (AvgIpc) is 2.80. The summed E-state index contributed by atoms with van der Waals surface area (Å²) in [5.41, 5.74) is 0.545. The van der Waals surface area contributed by atoms with Crippen molar-refractivity contribution in [2.75, 3.05) is 33.3 Å². The molecule has 5 nitrogen and oxygen atoms in total. The van der Waals surface area contributed by atoms with E-state index in [1.165, 1.54) is 0 Å². The van der Waals surface area contributed by atoms with Gasteiger partial charge in [0.1, 0.15) is 5.75 Å². The molecule has 1 heterocycles. The summed E-state index contributed by atoms with van der Waals surface area (Å²) in [4.78, 5) is 28.3. The third kappa shape index (κ3) is 4.38. The van der Waals surface area contributed by atoms with Gasteiger partial charge in [-0.15, -0.1) is 0 Å². The molecular weight excluding hydrogens is 316 g/mol. The van der Waals surface area contributed by atoms with E-state index in [-0.39, 0.29) is 11.8 Å². The molecule has 6 heteroatoms. The van der Waals surface area contributed by atoms with Crippen molar-refractivity contribution >= 4 is 23.4 Å². The molecule has 1 aromatic carbocycles. The van der Waals surface area contributed by atoms with Crippen LogP contribution in [0, 0.1) is 0 Å². The first-order valence-electron chi connectivity index (χ1n) is 7.97. The zero-order chi connectivity index (χ0) is 16.8. The number of carbonyl (C=O) groups excluding carboxylic acids is 2. The molecule has 0 aliphatic carbocycles. The molecule has 0 bridgehead atoms. The predicted molar refractivity (Wildman–Crippen MR) is 90.0 cm³/mol. The summed E-state index contributed by atoms with van der Waals surface area (Å²) in [6.07, 6.45) is 2.22. The van der Waals surface area contributed by atoms with Crippen molar-refractivity contribution in [3.05, 3.63) is 28.8 Å². The van der Waals surface area contributed by atoms with Crippen molar-refractivity contribution in [1.82, 2.24) is 9.80 Å². The van der Waals surface area contributed by atoms with Crippen molar-refractivity contribution in [2.24, 2.45) is 0 Å². The molecule has 2 rings (SSSR count). The minimum atomic E-state index is -0.0562. The first-order chi connectivity index (χ1) is 11.1. The molecule has 1 fully saturated rings. The normalized spacial score (nSPS) is 15.3. The van der Waals surface area contributed by atoms with Crippen molar-refractivity contribution in [2.45, 2.75) is 26.2 Å². The van der Waals surface area contributed by atoms with Crippen molar-refractivity contribution < 1.29 is 14.3 Å². The van der Waals surface area contributed by atoms with Gasteiger partial charge in [-0.25, -0.2) is 0 Å². The van der Waals surface area contributed by atoms with E-state index >= 15 is 0 Å². The van der Waals surface area contributed by atoms with E-state index in [0.29, 0.717) is 48.9 Å². The van der Waals surface area contributed by atoms with Crippen molar-refractivity contribution in [1.29, 1.82) is 0 Å². The highest BCUT2D eigenvalue weighted by atomic mass is 35.5. The van der Waals surface area contributed by atoms with Crippen LogP contribution >= 0.6 is 11.6 Å². The molecule has 23 heavy (non-hydrogen) atoms. The van der Waals surface area contributed by atoms with Crippen LogP contribution in [0.15, 0.2) is 18.2 Å². The number of hydrogen-bond acceptors (Lipinski definition) is 3. The Balaban J connectivity index is 2.03. The maximum atomic E-state index is 12.6. The lowest BCUT2D eigenvalue weighted by atomic mass is 10.2. The van der Waals surface area contributed by atoms with Gasteiger partial charge in [0.05, 0.1) is 12.1 Å². The number of hydrogen-bond donors (Lipinski definition) is 0. The molecule has 0 radical (unpaired) electrons. The molecule has 1 aromatic rings. The zero-order valence-corrected chi connectivity index (χ0v) is 14.4. The maximum absolute atomic E-state index is 12.6. The van der Waals surface area contributed by atoms with Gasteiger partial charge in [0.15, 0.2) is 0 Å². The van der Waals surface area contributed by atoms with Gasteiger partial charge >= 0.3 is 0 Å². The van der Waals surface area contributed by atoms with Gasteiger partial charge in [0, 0.05) is 38.2 Å². The lowest BCUT2D eigenvalue weighted by Crippen LogP contribution is -2.37. The smallest absolute Gasteiger partial charge is 0.253 e. The number of amides is 2. The summed E-state index contributed by atoms with van der Waals surface area (Å²) in [6.45, 7) is 4.51. The first-order valence-corrected chi connectivity index (χ1v) is 8.35. The Morgan fingerprint density at radius 3 is 2.52 bits per heavy atom. The van der Waals surface area contributed by atoms with Crippen LogP contribution in [0.3, 0.4) is 0 Å². The molecule has 0 N–H and O–H groups in total. The van der Waals surface area contributed by atoms with Gasteiger partial charge in [-0.05, 0) is 31.0 Å². The number of ether oxygens (including phenoxy) is 1. The van der Waals surface area contributed by atoms with Crippen LogP contribution in [-0.2, 0) is 4.79 Å². The maximum Gasteiger partial charge on any atom is 0.253 e. The number of methoxy groups -OCH3 is 1. The standard InChI is InChI=1S/C17H23ClN2O3/c1-3-5-16(21)19-8-4-9-20(11-10-19)17(22)13-6-7-15(23-2)14(18)12-13/h6-7,12H,3-5,8-11H2,1-2H3. The average molecular weight is 339 g/mol. The number of halogens is 1. The van der Waals surface area contributed by atoms with E-state index in [0.717, 1.165) is 12.8 Å². The van der Waals surface area contributed by atoms with Crippen molar-refractivity contribution in [3.63, 3.8) is 0 Å². The summed E-state index contributed by atoms with van der Waals surface area (Å²) >= 11 is 6.10. The Bertz CT molecular complexity index is 577. The molecule has 2 amide bonds. The monoisotopic (exact) mass is 338 g/mol. The lowest BCUT2D eigenvalue weighted by Gasteiger charge is -2.22. The molecule has 0 atom stereocenters. The van der Waals surface area contributed by atoms with Crippen LogP contribution in [0.5, 0.6) is 5.75 Å². The Labute approximate surface area is 142 Å². The lowest BCUT2D eigenvalue weighted by molar-refractivity contribution is -0.131. The molecular formula is C17H23ClN2O3. The quantitative estimate of drug-likeness (QED) is 0.848. The molecule has 1 aliphatic rings. The third-order valence-electron chi connectivity index (χ3n) is 4.00. The Morgan fingerprint density at radius 1 is 1.17 bits per heavy atom. The van der Waals surface area contributed by atoms with Crippen LogP contribution in [-0.4, -0.2) is 54.9 Å².